The lowest BCUT2D eigenvalue weighted by atomic mass is 9.87. The second-order valence-electron chi connectivity index (χ2n) is 5.69. The van der Waals surface area contributed by atoms with Gasteiger partial charge in [0.1, 0.15) is 5.73 Å². The standard InChI is InChI=1S/C13H20BFN2O2/c1-6-17-10(7-8-16-17)9-11(15)14-18-12(2,3)13(4,5)19-14/h7-9H,6H2,1-5H3/b11-9-. The molecule has 0 saturated carbocycles. The highest BCUT2D eigenvalue weighted by Crippen LogP contribution is 2.38. The van der Waals surface area contributed by atoms with Gasteiger partial charge in [-0.25, -0.2) is 4.39 Å². The van der Waals surface area contributed by atoms with E-state index in [1.165, 1.54) is 6.08 Å². The summed E-state index contributed by atoms with van der Waals surface area (Å²) in [4.78, 5) is 0. The van der Waals surface area contributed by atoms with Crippen LogP contribution in [-0.2, 0) is 15.9 Å². The van der Waals surface area contributed by atoms with Crippen LogP contribution in [0.3, 0.4) is 0 Å². The fourth-order valence-corrected chi connectivity index (χ4v) is 1.89. The molecule has 1 fully saturated rings. The highest BCUT2D eigenvalue weighted by Gasteiger charge is 2.53. The van der Waals surface area contributed by atoms with Gasteiger partial charge >= 0.3 is 7.12 Å². The molecule has 0 unspecified atom stereocenters. The fourth-order valence-electron chi connectivity index (χ4n) is 1.89. The summed E-state index contributed by atoms with van der Waals surface area (Å²) in [7, 11) is -0.954. The highest BCUT2D eigenvalue weighted by molar-refractivity contribution is 6.54. The van der Waals surface area contributed by atoms with Gasteiger partial charge in [-0.1, -0.05) is 0 Å². The van der Waals surface area contributed by atoms with E-state index < -0.39 is 24.0 Å². The summed E-state index contributed by atoms with van der Waals surface area (Å²) in [6.07, 6.45) is 3.06. The van der Waals surface area contributed by atoms with E-state index in [-0.39, 0.29) is 0 Å². The summed E-state index contributed by atoms with van der Waals surface area (Å²) in [5, 5.41) is 4.10. The average Bonchev–Trinajstić information content (AvgIpc) is 2.82. The molecule has 4 nitrogen and oxygen atoms in total. The molecular formula is C13H20BFN2O2. The Labute approximate surface area is 113 Å². The monoisotopic (exact) mass is 266 g/mol. The van der Waals surface area contributed by atoms with Crippen LogP contribution in [0.15, 0.2) is 18.0 Å². The molecule has 2 rings (SSSR count). The van der Waals surface area contributed by atoms with Crippen molar-refractivity contribution >= 4 is 13.2 Å². The van der Waals surface area contributed by atoms with Crippen molar-refractivity contribution in [3.05, 3.63) is 23.7 Å². The number of aromatic nitrogens is 2. The van der Waals surface area contributed by atoms with Crippen LogP contribution in [0, 0.1) is 0 Å². The van der Waals surface area contributed by atoms with E-state index >= 15 is 0 Å². The van der Waals surface area contributed by atoms with E-state index in [4.69, 9.17) is 9.31 Å². The predicted molar refractivity (Wildman–Crippen MR) is 73.1 cm³/mol. The number of hydrogen-bond acceptors (Lipinski definition) is 3. The molecule has 1 aromatic heterocycles. The lowest BCUT2D eigenvalue weighted by Gasteiger charge is -2.32. The molecule has 0 amide bonds. The predicted octanol–water partition coefficient (Wildman–Crippen LogP) is 2.84. The maximum Gasteiger partial charge on any atom is 0.525 e. The van der Waals surface area contributed by atoms with Gasteiger partial charge < -0.3 is 9.31 Å². The minimum Gasteiger partial charge on any atom is -0.398 e. The molecule has 0 spiro atoms. The molecule has 0 bridgehead atoms. The number of nitrogens with zero attached hydrogens (tertiary/aromatic N) is 2. The second-order valence-corrected chi connectivity index (χ2v) is 5.69. The van der Waals surface area contributed by atoms with E-state index in [1.54, 1.807) is 16.9 Å². The summed E-state index contributed by atoms with van der Waals surface area (Å²) in [6.45, 7) is 10.2. The van der Waals surface area contributed by atoms with Gasteiger partial charge in [0.2, 0.25) is 0 Å². The second kappa shape index (κ2) is 4.76. The van der Waals surface area contributed by atoms with Crippen LogP contribution in [0.4, 0.5) is 4.39 Å². The minimum absolute atomic E-state index is 0.436. The molecular weight excluding hydrogens is 246 g/mol. The Kier molecular flexibility index (Phi) is 3.58. The maximum absolute atomic E-state index is 14.2. The first kappa shape index (κ1) is 14.3. The maximum atomic E-state index is 14.2. The van der Waals surface area contributed by atoms with Crippen molar-refractivity contribution in [1.82, 2.24) is 9.78 Å². The molecule has 1 aliphatic rings. The van der Waals surface area contributed by atoms with Crippen molar-refractivity contribution in [2.45, 2.75) is 52.4 Å². The Morgan fingerprint density at radius 1 is 1.37 bits per heavy atom. The van der Waals surface area contributed by atoms with Gasteiger partial charge in [0.15, 0.2) is 0 Å². The normalized spacial score (nSPS) is 22.0. The van der Waals surface area contributed by atoms with Crippen molar-refractivity contribution in [2.75, 3.05) is 0 Å². The summed E-state index contributed by atoms with van der Waals surface area (Å²) < 4.78 is 27.3. The van der Waals surface area contributed by atoms with Crippen LogP contribution < -0.4 is 0 Å². The number of rotatable bonds is 3. The zero-order chi connectivity index (χ0) is 14.3. The molecule has 0 N–H and O–H groups in total. The molecule has 1 aliphatic heterocycles. The van der Waals surface area contributed by atoms with Crippen molar-refractivity contribution in [2.24, 2.45) is 0 Å². The van der Waals surface area contributed by atoms with Gasteiger partial charge in [-0.2, -0.15) is 5.10 Å². The number of aryl methyl sites for hydroxylation is 1. The Hall–Kier alpha value is -1.14. The molecule has 19 heavy (non-hydrogen) atoms. The zero-order valence-corrected chi connectivity index (χ0v) is 12.1. The minimum atomic E-state index is -0.954. The van der Waals surface area contributed by atoms with Gasteiger partial charge in [0.05, 0.1) is 16.9 Å². The van der Waals surface area contributed by atoms with Gasteiger partial charge in [-0.05, 0) is 46.8 Å². The van der Waals surface area contributed by atoms with Crippen LogP contribution in [-0.4, -0.2) is 28.1 Å². The zero-order valence-electron chi connectivity index (χ0n) is 12.1. The Balaban J connectivity index is 2.20. The topological polar surface area (TPSA) is 36.3 Å². The average molecular weight is 266 g/mol. The molecule has 2 heterocycles. The third kappa shape index (κ3) is 2.60. The van der Waals surface area contributed by atoms with Crippen molar-refractivity contribution in [3.63, 3.8) is 0 Å². The molecule has 0 atom stereocenters. The Morgan fingerprint density at radius 3 is 2.47 bits per heavy atom. The number of hydrogen-bond donors (Lipinski definition) is 0. The van der Waals surface area contributed by atoms with Crippen LogP contribution >= 0.6 is 0 Å². The quantitative estimate of drug-likeness (QED) is 0.789. The first-order valence-electron chi connectivity index (χ1n) is 6.51. The third-order valence-electron chi connectivity index (χ3n) is 3.81. The summed E-state index contributed by atoms with van der Waals surface area (Å²) in [5.74, 6) is 0. The lowest BCUT2D eigenvalue weighted by Crippen LogP contribution is -2.41. The van der Waals surface area contributed by atoms with E-state index in [1.807, 2.05) is 34.6 Å². The van der Waals surface area contributed by atoms with Crippen molar-refractivity contribution < 1.29 is 13.7 Å². The van der Waals surface area contributed by atoms with E-state index in [0.29, 0.717) is 12.2 Å². The summed E-state index contributed by atoms with van der Waals surface area (Å²) in [6, 6.07) is 1.76. The van der Waals surface area contributed by atoms with Gasteiger partial charge in [-0.15, -0.1) is 0 Å². The number of halogens is 1. The molecule has 1 aromatic rings. The molecule has 0 radical (unpaired) electrons. The van der Waals surface area contributed by atoms with E-state index in [2.05, 4.69) is 5.10 Å². The molecule has 6 heteroatoms. The van der Waals surface area contributed by atoms with Gasteiger partial charge in [0, 0.05) is 12.7 Å². The first-order valence-corrected chi connectivity index (χ1v) is 6.51. The Bertz CT molecular complexity index is 481. The molecule has 104 valence electrons. The Morgan fingerprint density at radius 2 is 1.95 bits per heavy atom. The van der Waals surface area contributed by atoms with E-state index in [9.17, 15) is 4.39 Å². The van der Waals surface area contributed by atoms with Gasteiger partial charge in [0.25, 0.3) is 0 Å². The first-order chi connectivity index (χ1) is 8.77. The fraction of sp³-hybridized carbons (Fsp3) is 0.615. The largest absolute Gasteiger partial charge is 0.525 e. The van der Waals surface area contributed by atoms with Gasteiger partial charge in [-0.3, -0.25) is 4.68 Å². The molecule has 0 aromatic carbocycles. The summed E-state index contributed by atoms with van der Waals surface area (Å²) >= 11 is 0. The van der Waals surface area contributed by atoms with Crippen molar-refractivity contribution in [3.8, 4) is 0 Å². The summed E-state index contributed by atoms with van der Waals surface area (Å²) in [5.41, 5.74) is -0.801. The van der Waals surface area contributed by atoms with Crippen LogP contribution in [0.25, 0.3) is 6.08 Å². The van der Waals surface area contributed by atoms with Crippen LogP contribution in [0.5, 0.6) is 0 Å². The van der Waals surface area contributed by atoms with Crippen LogP contribution in [0.2, 0.25) is 0 Å². The van der Waals surface area contributed by atoms with Crippen molar-refractivity contribution in [1.29, 1.82) is 0 Å². The SMILES string of the molecule is CCn1nccc1/C=C(\F)B1OC(C)(C)C(C)(C)O1. The van der Waals surface area contributed by atoms with Crippen LogP contribution in [0.1, 0.15) is 40.3 Å². The lowest BCUT2D eigenvalue weighted by molar-refractivity contribution is 0.00578. The third-order valence-corrected chi connectivity index (χ3v) is 3.81. The van der Waals surface area contributed by atoms with E-state index in [0.717, 1.165) is 0 Å². The highest BCUT2D eigenvalue weighted by atomic mass is 19.1. The molecule has 0 aliphatic carbocycles. The molecule has 1 saturated heterocycles. The smallest absolute Gasteiger partial charge is 0.398 e.